The van der Waals surface area contributed by atoms with Crippen LogP contribution in [-0.4, -0.2) is 12.3 Å². The molecule has 17 heavy (non-hydrogen) atoms. The first kappa shape index (κ1) is 10.6. The molecule has 1 nitrogen and oxygen atoms in total. The van der Waals surface area contributed by atoms with E-state index >= 15 is 0 Å². The maximum absolute atomic E-state index is 13.7. The van der Waals surface area contributed by atoms with Gasteiger partial charge in [0.2, 0.25) is 0 Å². The first-order valence-electron chi connectivity index (χ1n) is 5.33. The standard InChI is InChI=1S/C13H9F2NS/c14-10-4-2-1-3-8(10)13-9-7-12(15)17-11(9)5-6-16-13/h1-4,7H,5-6H2. The fourth-order valence-corrected chi connectivity index (χ4v) is 2.89. The second-order valence-electron chi connectivity index (χ2n) is 3.85. The third-order valence-electron chi connectivity index (χ3n) is 2.77. The summed E-state index contributed by atoms with van der Waals surface area (Å²) in [7, 11) is 0. The maximum atomic E-state index is 13.7. The van der Waals surface area contributed by atoms with E-state index in [4.69, 9.17) is 0 Å². The van der Waals surface area contributed by atoms with Crippen LogP contribution in [0.15, 0.2) is 35.3 Å². The predicted octanol–water partition coefficient (Wildman–Crippen LogP) is 3.42. The molecule has 1 aromatic heterocycles. The molecule has 86 valence electrons. The Morgan fingerprint density at radius 2 is 1.94 bits per heavy atom. The lowest BCUT2D eigenvalue weighted by molar-refractivity contribution is 0.625. The van der Waals surface area contributed by atoms with Gasteiger partial charge < -0.3 is 0 Å². The summed E-state index contributed by atoms with van der Waals surface area (Å²) in [6.07, 6.45) is 0.738. The van der Waals surface area contributed by atoms with Gasteiger partial charge in [-0.15, -0.1) is 11.3 Å². The molecule has 0 saturated carbocycles. The van der Waals surface area contributed by atoms with Crippen molar-refractivity contribution in [2.45, 2.75) is 6.42 Å². The summed E-state index contributed by atoms with van der Waals surface area (Å²) in [4.78, 5) is 5.29. The van der Waals surface area contributed by atoms with Gasteiger partial charge in [0.15, 0.2) is 5.13 Å². The summed E-state index contributed by atoms with van der Waals surface area (Å²) in [5.74, 6) is -0.314. The van der Waals surface area contributed by atoms with Gasteiger partial charge in [-0.1, -0.05) is 12.1 Å². The molecule has 3 rings (SSSR count). The molecule has 0 spiro atoms. The number of thiophene rings is 1. The average Bonchev–Trinajstić information content (AvgIpc) is 2.70. The van der Waals surface area contributed by atoms with E-state index in [0.717, 1.165) is 28.2 Å². The highest BCUT2D eigenvalue weighted by molar-refractivity contribution is 7.10. The molecule has 2 aromatic rings. The van der Waals surface area contributed by atoms with E-state index in [1.165, 1.54) is 12.1 Å². The summed E-state index contributed by atoms with van der Waals surface area (Å²) in [6, 6.07) is 7.92. The Balaban J connectivity index is 2.16. The molecule has 0 bridgehead atoms. The monoisotopic (exact) mass is 249 g/mol. The number of hydrogen-bond donors (Lipinski definition) is 0. The Morgan fingerprint density at radius 1 is 1.12 bits per heavy atom. The van der Waals surface area contributed by atoms with E-state index in [9.17, 15) is 8.78 Å². The molecule has 0 aliphatic carbocycles. The molecule has 0 amide bonds. The van der Waals surface area contributed by atoms with Crippen molar-refractivity contribution in [1.82, 2.24) is 0 Å². The number of nitrogens with zero attached hydrogens (tertiary/aromatic N) is 1. The van der Waals surface area contributed by atoms with Crippen molar-refractivity contribution in [3.8, 4) is 0 Å². The Kier molecular flexibility index (Phi) is 2.52. The minimum absolute atomic E-state index is 0.235. The highest BCUT2D eigenvalue weighted by atomic mass is 32.1. The van der Waals surface area contributed by atoms with Gasteiger partial charge in [0.05, 0.1) is 5.71 Å². The number of rotatable bonds is 1. The highest BCUT2D eigenvalue weighted by Gasteiger charge is 2.21. The molecule has 0 unspecified atom stereocenters. The lowest BCUT2D eigenvalue weighted by Crippen LogP contribution is -2.13. The van der Waals surface area contributed by atoms with Crippen LogP contribution in [0, 0.1) is 10.9 Å². The molecule has 1 aliphatic rings. The van der Waals surface area contributed by atoms with Gasteiger partial charge in [-0.25, -0.2) is 4.39 Å². The summed E-state index contributed by atoms with van der Waals surface area (Å²) in [6.45, 7) is 0.594. The Bertz CT molecular complexity index is 601. The van der Waals surface area contributed by atoms with Gasteiger partial charge >= 0.3 is 0 Å². The van der Waals surface area contributed by atoms with Crippen molar-refractivity contribution >= 4 is 17.0 Å². The molecule has 2 heterocycles. The fourth-order valence-electron chi connectivity index (χ4n) is 2.02. The number of fused-ring (bicyclic) bond motifs is 1. The van der Waals surface area contributed by atoms with Crippen molar-refractivity contribution in [1.29, 1.82) is 0 Å². The lowest BCUT2D eigenvalue weighted by Gasteiger charge is -2.13. The third kappa shape index (κ3) is 1.78. The molecule has 0 radical (unpaired) electrons. The molecule has 0 atom stereocenters. The van der Waals surface area contributed by atoms with E-state index in [1.807, 2.05) is 0 Å². The zero-order valence-electron chi connectivity index (χ0n) is 8.91. The van der Waals surface area contributed by atoms with Gasteiger partial charge in [-0.2, -0.15) is 4.39 Å². The van der Waals surface area contributed by atoms with Gasteiger partial charge in [-0.05, 0) is 18.2 Å². The van der Waals surface area contributed by atoms with Crippen LogP contribution in [0.4, 0.5) is 8.78 Å². The van der Waals surface area contributed by atoms with E-state index in [2.05, 4.69) is 4.99 Å². The van der Waals surface area contributed by atoms with Crippen LogP contribution < -0.4 is 0 Å². The van der Waals surface area contributed by atoms with E-state index in [1.54, 1.807) is 18.2 Å². The zero-order chi connectivity index (χ0) is 11.8. The normalized spacial score (nSPS) is 14.4. The minimum atomic E-state index is -0.314. The van der Waals surface area contributed by atoms with Gasteiger partial charge in [0.25, 0.3) is 0 Å². The molecule has 1 aromatic carbocycles. The summed E-state index contributed by atoms with van der Waals surface area (Å²) in [5, 5.41) is -0.235. The Morgan fingerprint density at radius 3 is 2.76 bits per heavy atom. The van der Waals surface area contributed by atoms with Crippen LogP contribution >= 0.6 is 11.3 Å². The van der Waals surface area contributed by atoms with Crippen molar-refractivity contribution < 1.29 is 8.78 Å². The van der Waals surface area contributed by atoms with Crippen LogP contribution in [0.25, 0.3) is 0 Å². The first-order chi connectivity index (χ1) is 8.25. The SMILES string of the molecule is Fc1cc2c(s1)CCN=C2c1ccccc1F. The average molecular weight is 249 g/mol. The molecule has 1 aliphatic heterocycles. The van der Waals surface area contributed by atoms with Crippen LogP contribution in [0.1, 0.15) is 16.0 Å². The van der Waals surface area contributed by atoms with Gasteiger partial charge in [0.1, 0.15) is 5.82 Å². The smallest absolute Gasteiger partial charge is 0.177 e. The highest BCUT2D eigenvalue weighted by Crippen LogP contribution is 2.28. The second kappa shape index (κ2) is 4.04. The quantitative estimate of drug-likeness (QED) is 0.734. The first-order valence-corrected chi connectivity index (χ1v) is 6.15. The van der Waals surface area contributed by atoms with Crippen LogP contribution in [0.3, 0.4) is 0 Å². The third-order valence-corrected chi connectivity index (χ3v) is 3.76. The minimum Gasteiger partial charge on any atom is -0.284 e. The van der Waals surface area contributed by atoms with Crippen LogP contribution in [-0.2, 0) is 6.42 Å². The summed E-state index contributed by atoms with van der Waals surface area (Å²) in [5.41, 5.74) is 1.76. The van der Waals surface area contributed by atoms with Crippen molar-refractivity contribution in [2.75, 3.05) is 6.54 Å². The topological polar surface area (TPSA) is 12.4 Å². The van der Waals surface area contributed by atoms with Gasteiger partial charge in [0, 0.05) is 29.0 Å². The number of hydrogen-bond acceptors (Lipinski definition) is 2. The van der Waals surface area contributed by atoms with Crippen molar-refractivity contribution in [3.63, 3.8) is 0 Å². The summed E-state index contributed by atoms with van der Waals surface area (Å²) >= 11 is 1.12. The lowest BCUT2D eigenvalue weighted by atomic mass is 9.99. The molecule has 0 saturated heterocycles. The molecular weight excluding hydrogens is 240 g/mol. The number of halogens is 2. The molecule has 0 N–H and O–H groups in total. The largest absolute Gasteiger partial charge is 0.284 e. The number of benzene rings is 1. The van der Waals surface area contributed by atoms with Crippen LogP contribution in [0.2, 0.25) is 0 Å². The zero-order valence-corrected chi connectivity index (χ0v) is 9.73. The predicted molar refractivity (Wildman–Crippen MR) is 64.9 cm³/mol. The van der Waals surface area contributed by atoms with Crippen molar-refractivity contribution in [2.24, 2.45) is 4.99 Å². The Labute approximate surface area is 101 Å². The second-order valence-corrected chi connectivity index (χ2v) is 4.93. The molecular formula is C13H9F2NS. The molecule has 0 fully saturated rings. The van der Waals surface area contributed by atoms with Gasteiger partial charge in [-0.3, -0.25) is 4.99 Å². The Hall–Kier alpha value is -1.55. The van der Waals surface area contributed by atoms with Crippen LogP contribution in [0.5, 0.6) is 0 Å². The molecule has 4 heteroatoms. The van der Waals surface area contributed by atoms with Crippen molar-refractivity contribution in [3.05, 3.63) is 57.3 Å². The van der Waals surface area contributed by atoms with E-state index in [0.29, 0.717) is 17.8 Å². The fraction of sp³-hybridized carbons (Fsp3) is 0.154. The number of aliphatic imine (C=N–C) groups is 1. The van der Waals surface area contributed by atoms with E-state index < -0.39 is 0 Å². The maximum Gasteiger partial charge on any atom is 0.177 e. The van der Waals surface area contributed by atoms with E-state index in [-0.39, 0.29) is 10.9 Å². The summed E-state index contributed by atoms with van der Waals surface area (Å²) < 4.78 is 27.0.